The van der Waals surface area contributed by atoms with Crippen LogP contribution in [0.25, 0.3) is 5.82 Å². The highest BCUT2D eigenvalue weighted by atomic mass is 15.3. The van der Waals surface area contributed by atoms with Crippen molar-refractivity contribution in [3.8, 4) is 5.82 Å². The van der Waals surface area contributed by atoms with E-state index in [0.717, 1.165) is 49.3 Å². The Morgan fingerprint density at radius 1 is 0.792 bits per heavy atom. The highest BCUT2D eigenvalue weighted by molar-refractivity contribution is 5.47. The molecule has 0 spiro atoms. The molecular formula is C16H18N8. The summed E-state index contributed by atoms with van der Waals surface area (Å²) in [6.07, 6.45) is 6.83. The van der Waals surface area contributed by atoms with Gasteiger partial charge in [-0.2, -0.15) is 5.10 Å². The lowest BCUT2D eigenvalue weighted by Gasteiger charge is -2.36. The van der Waals surface area contributed by atoms with Gasteiger partial charge in [0.25, 0.3) is 0 Å². The van der Waals surface area contributed by atoms with Crippen LogP contribution in [0.5, 0.6) is 0 Å². The average Bonchev–Trinajstić information content (AvgIpc) is 3.17. The van der Waals surface area contributed by atoms with Crippen LogP contribution in [0.2, 0.25) is 0 Å². The maximum absolute atomic E-state index is 4.41. The fraction of sp³-hybridized carbons (Fsp3) is 0.312. The van der Waals surface area contributed by atoms with Crippen LogP contribution in [-0.4, -0.2) is 55.9 Å². The molecule has 0 amide bonds. The molecule has 8 nitrogen and oxygen atoms in total. The van der Waals surface area contributed by atoms with Gasteiger partial charge in [0, 0.05) is 56.4 Å². The summed E-state index contributed by atoms with van der Waals surface area (Å²) < 4.78 is 1.74. The van der Waals surface area contributed by atoms with E-state index in [-0.39, 0.29) is 0 Å². The fourth-order valence-electron chi connectivity index (χ4n) is 2.82. The van der Waals surface area contributed by atoms with Gasteiger partial charge < -0.3 is 9.80 Å². The summed E-state index contributed by atoms with van der Waals surface area (Å²) in [6.45, 7) is 5.56. The van der Waals surface area contributed by atoms with Crippen molar-refractivity contribution in [2.45, 2.75) is 6.92 Å². The predicted molar refractivity (Wildman–Crippen MR) is 90.3 cm³/mol. The Hall–Kier alpha value is -3.03. The van der Waals surface area contributed by atoms with Gasteiger partial charge in [0.15, 0.2) is 5.82 Å². The smallest absolute Gasteiger partial charge is 0.158 e. The number of rotatable bonds is 3. The van der Waals surface area contributed by atoms with Crippen molar-refractivity contribution in [3.63, 3.8) is 0 Å². The van der Waals surface area contributed by atoms with Gasteiger partial charge in [-0.1, -0.05) is 0 Å². The lowest BCUT2D eigenvalue weighted by atomic mass is 10.3. The molecule has 0 aliphatic carbocycles. The van der Waals surface area contributed by atoms with Crippen LogP contribution in [0.1, 0.15) is 5.69 Å². The van der Waals surface area contributed by atoms with Gasteiger partial charge in [-0.05, 0) is 13.0 Å². The highest BCUT2D eigenvalue weighted by Gasteiger charge is 2.19. The van der Waals surface area contributed by atoms with Gasteiger partial charge in [-0.25, -0.2) is 24.6 Å². The number of piperazine rings is 1. The fourth-order valence-corrected chi connectivity index (χ4v) is 2.82. The lowest BCUT2D eigenvalue weighted by Crippen LogP contribution is -2.47. The van der Waals surface area contributed by atoms with E-state index >= 15 is 0 Å². The van der Waals surface area contributed by atoms with Crippen LogP contribution >= 0.6 is 0 Å². The SMILES string of the molecule is Cc1cc(N2CCN(c3cc(-n4cccn4)ncn3)CC2)ncn1. The van der Waals surface area contributed by atoms with E-state index in [1.54, 1.807) is 23.5 Å². The summed E-state index contributed by atoms with van der Waals surface area (Å²) in [5, 5.41) is 4.22. The zero-order chi connectivity index (χ0) is 16.4. The van der Waals surface area contributed by atoms with Gasteiger partial charge in [-0.15, -0.1) is 0 Å². The Morgan fingerprint density at radius 2 is 1.42 bits per heavy atom. The van der Waals surface area contributed by atoms with Crippen molar-refractivity contribution in [1.29, 1.82) is 0 Å². The van der Waals surface area contributed by atoms with Gasteiger partial charge in [-0.3, -0.25) is 0 Å². The van der Waals surface area contributed by atoms with Crippen LogP contribution in [-0.2, 0) is 0 Å². The largest absolute Gasteiger partial charge is 0.353 e. The second kappa shape index (κ2) is 6.23. The molecule has 0 bridgehead atoms. The molecule has 1 saturated heterocycles. The standard InChI is InChI=1S/C16H18N8/c1-13-9-14(18-11-17-13)22-5-7-23(8-6-22)15-10-16(20-12-19-15)24-4-2-3-21-24/h2-4,9-12H,5-8H2,1H3. The molecule has 24 heavy (non-hydrogen) atoms. The number of hydrogen-bond acceptors (Lipinski definition) is 7. The molecule has 0 saturated carbocycles. The molecule has 8 heteroatoms. The van der Waals surface area contributed by atoms with Crippen molar-refractivity contribution in [2.24, 2.45) is 0 Å². The van der Waals surface area contributed by atoms with Crippen LogP contribution in [0.15, 0.2) is 43.2 Å². The first-order chi connectivity index (χ1) is 11.8. The molecule has 0 unspecified atom stereocenters. The zero-order valence-corrected chi connectivity index (χ0v) is 13.4. The quantitative estimate of drug-likeness (QED) is 0.714. The third-order valence-electron chi connectivity index (χ3n) is 4.09. The average molecular weight is 322 g/mol. The number of aryl methyl sites for hydroxylation is 1. The minimum Gasteiger partial charge on any atom is -0.353 e. The molecule has 0 aromatic carbocycles. The van der Waals surface area contributed by atoms with E-state index in [1.165, 1.54) is 0 Å². The molecule has 1 fully saturated rings. The third-order valence-corrected chi connectivity index (χ3v) is 4.09. The lowest BCUT2D eigenvalue weighted by molar-refractivity contribution is 0.639. The molecular weight excluding hydrogens is 304 g/mol. The Bertz CT molecular complexity index is 808. The Kier molecular flexibility index (Phi) is 3.78. The molecule has 0 radical (unpaired) electrons. The molecule has 4 heterocycles. The van der Waals surface area contributed by atoms with Crippen molar-refractivity contribution in [3.05, 3.63) is 48.9 Å². The van der Waals surface area contributed by atoms with Gasteiger partial charge in [0.1, 0.15) is 24.3 Å². The van der Waals surface area contributed by atoms with Crippen LogP contribution in [0, 0.1) is 6.92 Å². The Labute approximate surface area is 139 Å². The monoisotopic (exact) mass is 322 g/mol. The van der Waals surface area contributed by atoms with Crippen molar-refractivity contribution in [2.75, 3.05) is 36.0 Å². The summed E-state index contributed by atoms with van der Waals surface area (Å²) >= 11 is 0. The summed E-state index contributed by atoms with van der Waals surface area (Å²) in [5.41, 5.74) is 0.988. The number of hydrogen-bond donors (Lipinski definition) is 0. The van der Waals surface area contributed by atoms with E-state index in [1.807, 2.05) is 31.3 Å². The number of anilines is 2. The van der Waals surface area contributed by atoms with Crippen molar-refractivity contribution in [1.82, 2.24) is 29.7 Å². The van der Waals surface area contributed by atoms with Crippen LogP contribution in [0.3, 0.4) is 0 Å². The number of nitrogens with zero attached hydrogens (tertiary/aromatic N) is 8. The minimum absolute atomic E-state index is 0.777. The van der Waals surface area contributed by atoms with Gasteiger partial charge >= 0.3 is 0 Å². The molecule has 3 aromatic heterocycles. The zero-order valence-electron chi connectivity index (χ0n) is 13.4. The molecule has 0 atom stereocenters. The maximum Gasteiger partial charge on any atom is 0.158 e. The van der Waals surface area contributed by atoms with E-state index in [0.29, 0.717) is 0 Å². The second-order valence-corrected chi connectivity index (χ2v) is 5.68. The molecule has 1 aliphatic heterocycles. The van der Waals surface area contributed by atoms with Crippen LogP contribution < -0.4 is 9.80 Å². The van der Waals surface area contributed by atoms with E-state index in [2.05, 4.69) is 34.8 Å². The number of aromatic nitrogens is 6. The Balaban J connectivity index is 1.47. The normalized spacial score (nSPS) is 14.9. The summed E-state index contributed by atoms with van der Waals surface area (Å²) in [5.74, 6) is 2.69. The van der Waals surface area contributed by atoms with E-state index < -0.39 is 0 Å². The van der Waals surface area contributed by atoms with Gasteiger partial charge in [0.2, 0.25) is 0 Å². The summed E-state index contributed by atoms with van der Waals surface area (Å²) in [4.78, 5) is 21.8. The first-order valence-corrected chi connectivity index (χ1v) is 7.90. The molecule has 1 aliphatic rings. The first-order valence-electron chi connectivity index (χ1n) is 7.90. The molecule has 3 aromatic rings. The summed E-state index contributed by atoms with van der Waals surface area (Å²) in [6, 6.07) is 5.87. The van der Waals surface area contributed by atoms with Crippen LogP contribution in [0.4, 0.5) is 11.6 Å². The van der Waals surface area contributed by atoms with E-state index in [9.17, 15) is 0 Å². The molecule has 122 valence electrons. The Morgan fingerprint density at radius 3 is 2.04 bits per heavy atom. The first kappa shape index (κ1) is 14.6. The van der Waals surface area contributed by atoms with Crippen molar-refractivity contribution >= 4 is 11.6 Å². The van der Waals surface area contributed by atoms with E-state index in [4.69, 9.17) is 0 Å². The predicted octanol–water partition coefficient (Wildman–Crippen LogP) is 1.09. The highest BCUT2D eigenvalue weighted by Crippen LogP contribution is 2.18. The molecule has 4 rings (SSSR count). The molecule has 0 N–H and O–H groups in total. The topological polar surface area (TPSA) is 75.9 Å². The maximum atomic E-state index is 4.41. The van der Waals surface area contributed by atoms with Gasteiger partial charge in [0.05, 0.1) is 0 Å². The second-order valence-electron chi connectivity index (χ2n) is 5.68. The summed E-state index contributed by atoms with van der Waals surface area (Å²) in [7, 11) is 0. The third kappa shape index (κ3) is 2.90. The van der Waals surface area contributed by atoms with Crippen molar-refractivity contribution < 1.29 is 0 Å². The minimum atomic E-state index is 0.777.